The fourth-order valence-electron chi connectivity index (χ4n) is 1.96. The van der Waals surface area contributed by atoms with Crippen LogP contribution < -0.4 is 0 Å². The molecule has 2 atom stereocenters. The highest BCUT2D eigenvalue weighted by atomic mass is 16.5. The zero-order valence-electron chi connectivity index (χ0n) is 10.2. The third-order valence-electron chi connectivity index (χ3n) is 3.04. The molecule has 0 aromatic carbocycles. The van der Waals surface area contributed by atoms with E-state index in [1.165, 1.54) is 24.9 Å². The monoisotopic (exact) mass is 255 g/mol. The molecule has 0 aromatic heterocycles. The van der Waals surface area contributed by atoms with Gasteiger partial charge in [-0.15, -0.1) is 0 Å². The summed E-state index contributed by atoms with van der Waals surface area (Å²) in [5, 5.41) is 18.6. The first-order valence-corrected chi connectivity index (χ1v) is 5.54. The van der Waals surface area contributed by atoms with Gasteiger partial charge in [-0.05, 0) is 0 Å². The molecule has 7 heteroatoms. The Labute approximate surface area is 104 Å². The predicted octanol–water partition coefficient (Wildman–Crippen LogP) is -1.31. The number of nitrogens with zero attached hydrogens (tertiary/aromatic N) is 2. The van der Waals surface area contributed by atoms with Gasteiger partial charge in [0.05, 0.1) is 20.7 Å². The molecule has 18 heavy (non-hydrogen) atoms. The van der Waals surface area contributed by atoms with E-state index >= 15 is 0 Å². The largest absolute Gasteiger partial charge is 0.500 e. The number of amides is 3. The summed E-state index contributed by atoms with van der Waals surface area (Å²) in [6, 6.07) is -0.429. The van der Waals surface area contributed by atoms with E-state index < -0.39 is 24.1 Å². The van der Waals surface area contributed by atoms with E-state index in [9.17, 15) is 14.7 Å². The molecule has 2 heterocycles. The van der Waals surface area contributed by atoms with Gasteiger partial charge in [-0.2, -0.15) is 14.3 Å². The van der Waals surface area contributed by atoms with Crippen LogP contribution in [0.25, 0.3) is 0 Å². The molecule has 0 radical (unpaired) electrons. The minimum Gasteiger partial charge on any atom is -0.488 e. The van der Waals surface area contributed by atoms with Crippen molar-refractivity contribution >= 4 is 18.2 Å². The molecule has 2 aliphatic rings. The van der Waals surface area contributed by atoms with Crippen molar-refractivity contribution in [3.05, 3.63) is 11.3 Å². The van der Waals surface area contributed by atoms with Crippen LogP contribution in [0.15, 0.2) is 11.3 Å². The number of aliphatic hydroxyl groups excluding tert-OH is 2. The first-order valence-electron chi connectivity index (χ1n) is 5.54. The number of imide groups is 1. The summed E-state index contributed by atoms with van der Waals surface area (Å²) in [5.74, 6) is -0.170. The number of carbonyl (C=O) groups excluding carboxylic acids is 2. The first kappa shape index (κ1) is 12.7. The topological polar surface area (TPSA) is 90.1 Å². The third-order valence-corrected chi connectivity index (χ3v) is 3.04. The van der Waals surface area contributed by atoms with Crippen LogP contribution in [0.5, 0.6) is 0 Å². The summed E-state index contributed by atoms with van der Waals surface area (Å²) in [6.45, 7) is -0.323. The third kappa shape index (κ3) is 1.91. The lowest BCUT2D eigenvalue weighted by Gasteiger charge is -2.15. The number of urea groups is 1. The molecule has 0 aliphatic carbocycles. The van der Waals surface area contributed by atoms with Gasteiger partial charge in [-0.1, -0.05) is 0 Å². The normalized spacial score (nSPS) is 32.7. The highest BCUT2D eigenvalue weighted by Gasteiger charge is 2.41. The van der Waals surface area contributed by atoms with E-state index in [-0.39, 0.29) is 18.6 Å². The number of hydrogen-bond donors (Lipinski definition) is 2. The Morgan fingerprint density at radius 3 is 2.78 bits per heavy atom. The molecule has 3 amide bonds. The second-order valence-corrected chi connectivity index (χ2v) is 4.33. The Bertz CT molecular complexity index is 468. The first-order chi connectivity index (χ1) is 8.45. The van der Waals surface area contributed by atoms with Gasteiger partial charge in [0.15, 0.2) is 0 Å². The lowest BCUT2D eigenvalue weighted by molar-refractivity contribution is -0.397. The van der Waals surface area contributed by atoms with E-state index in [1.54, 1.807) is 0 Å². The van der Waals surface area contributed by atoms with Crippen molar-refractivity contribution in [1.82, 2.24) is 4.90 Å². The standard InChI is InChI=1S/C11H15N2O5/c1-12-4-6(10(16)13(2)11(12)17)8-3-7(15)9(5-14)18-8/h4,7,9,14-15H,3,5H2,1-2H3/q+1/b8-6+/t7-,9+/m0/s1. The Balaban J connectivity index is 2.39. The van der Waals surface area contributed by atoms with Crippen molar-refractivity contribution in [2.24, 2.45) is 0 Å². The van der Waals surface area contributed by atoms with E-state index in [0.717, 1.165) is 4.90 Å². The van der Waals surface area contributed by atoms with Gasteiger partial charge in [-0.3, -0.25) is 0 Å². The van der Waals surface area contributed by atoms with Crippen LogP contribution in [0.4, 0.5) is 4.79 Å². The molecule has 0 unspecified atom stereocenters. The molecule has 0 aromatic rings. The highest BCUT2D eigenvalue weighted by molar-refractivity contribution is 6.18. The van der Waals surface area contributed by atoms with Crippen LogP contribution in [0.1, 0.15) is 6.42 Å². The minimum absolute atomic E-state index is 0.151. The molecular weight excluding hydrogens is 240 g/mol. The number of hydrogen-bond acceptors (Lipinski definition) is 5. The molecule has 2 N–H and O–H groups in total. The lowest BCUT2D eigenvalue weighted by Crippen LogP contribution is -2.44. The predicted molar refractivity (Wildman–Crippen MR) is 60.0 cm³/mol. The molecule has 2 aliphatic heterocycles. The van der Waals surface area contributed by atoms with Gasteiger partial charge < -0.3 is 14.9 Å². The maximum atomic E-state index is 11.9. The Kier molecular flexibility index (Phi) is 3.18. The van der Waals surface area contributed by atoms with Crippen LogP contribution >= 0.6 is 0 Å². The molecule has 0 saturated carbocycles. The quantitative estimate of drug-likeness (QED) is 0.448. The van der Waals surface area contributed by atoms with Crippen molar-refractivity contribution in [3.8, 4) is 0 Å². The van der Waals surface area contributed by atoms with Crippen molar-refractivity contribution in [2.45, 2.75) is 18.6 Å². The number of likely N-dealkylation sites (N-methyl/N-ethyl adjacent to an activating group) is 1. The molecular formula is C11H15N2O5+. The van der Waals surface area contributed by atoms with E-state index in [2.05, 4.69) is 0 Å². The summed E-state index contributed by atoms with van der Waals surface area (Å²) in [6.07, 6.45) is -0.0283. The van der Waals surface area contributed by atoms with Gasteiger partial charge in [0.25, 0.3) is 0 Å². The average Bonchev–Trinajstić information content (AvgIpc) is 2.72. The number of rotatable bonds is 1. The van der Waals surface area contributed by atoms with Crippen LogP contribution in [0.2, 0.25) is 0 Å². The summed E-state index contributed by atoms with van der Waals surface area (Å²) in [7, 11) is 2.91. The van der Waals surface area contributed by atoms with E-state index in [0.29, 0.717) is 5.76 Å². The van der Waals surface area contributed by atoms with Gasteiger partial charge in [-0.25, -0.2) is 4.79 Å². The number of carbonyl (C=O) groups is 2. The Morgan fingerprint density at radius 2 is 2.22 bits per heavy atom. The molecule has 1 saturated heterocycles. The van der Waals surface area contributed by atoms with Gasteiger partial charge in [0.1, 0.15) is 29.8 Å². The second kappa shape index (κ2) is 4.51. The summed E-state index contributed by atoms with van der Waals surface area (Å²) in [4.78, 5) is 24.4. The van der Waals surface area contributed by atoms with Crippen molar-refractivity contribution in [3.63, 3.8) is 0 Å². The zero-order chi connectivity index (χ0) is 13.4. The maximum absolute atomic E-state index is 11.9. The molecule has 0 bridgehead atoms. The van der Waals surface area contributed by atoms with Crippen molar-refractivity contribution in [1.29, 1.82) is 0 Å². The van der Waals surface area contributed by atoms with E-state index in [1.807, 2.05) is 0 Å². The Morgan fingerprint density at radius 1 is 1.56 bits per heavy atom. The fourth-order valence-corrected chi connectivity index (χ4v) is 1.96. The lowest BCUT2D eigenvalue weighted by atomic mass is 10.1. The van der Waals surface area contributed by atoms with Crippen LogP contribution in [0.3, 0.4) is 0 Å². The number of ether oxygens (including phenoxy) is 1. The minimum atomic E-state index is -0.841. The second-order valence-electron chi connectivity index (χ2n) is 4.33. The van der Waals surface area contributed by atoms with Crippen molar-refractivity contribution < 1.29 is 29.1 Å². The maximum Gasteiger partial charge on any atom is 0.500 e. The van der Waals surface area contributed by atoms with Crippen LogP contribution in [0, 0.1) is 0 Å². The summed E-state index contributed by atoms with van der Waals surface area (Å²) in [5.41, 5.74) is 0.231. The molecule has 0 spiro atoms. The molecule has 7 nitrogen and oxygen atoms in total. The summed E-state index contributed by atoms with van der Waals surface area (Å²) < 4.78 is 6.60. The van der Waals surface area contributed by atoms with Crippen LogP contribution in [-0.4, -0.2) is 70.8 Å². The fraction of sp³-hybridized carbons (Fsp3) is 0.545. The molecule has 98 valence electrons. The van der Waals surface area contributed by atoms with Crippen molar-refractivity contribution in [2.75, 3.05) is 20.7 Å². The number of aliphatic hydroxyl groups is 2. The van der Waals surface area contributed by atoms with Gasteiger partial charge in [0.2, 0.25) is 0 Å². The highest BCUT2D eigenvalue weighted by Crippen LogP contribution is 2.27. The average molecular weight is 255 g/mol. The van der Waals surface area contributed by atoms with Crippen LogP contribution in [-0.2, 0) is 9.53 Å². The van der Waals surface area contributed by atoms with Gasteiger partial charge >= 0.3 is 11.9 Å². The Hall–Kier alpha value is -1.73. The van der Waals surface area contributed by atoms with Gasteiger partial charge in [0, 0.05) is 6.42 Å². The SMILES string of the molecule is CN1C(=O)/C(=C2\C[C@H](O)[C@@H](CO)O2)C=[N+](C)C1=O. The smallest absolute Gasteiger partial charge is 0.488 e. The molecule has 1 fully saturated rings. The molecule has 2 rings (SSSR count). The zero-order valence-corrected chi connectivity index (χ0v) is 10.2. The summed E-state index contributed by atoms with van der Waals surface area (Å²) >= 11 is 0. The van der Waals surface area contributed by atoms with E-state index in [4.69, 9.17) is 9.84 Å².